The number of methoxy groups -OCH3 is 1. The summed E-state index contributed by atoms with van der Waals surface area (Å²) < 4.78 is 8.14. The summed E-state index contributed by atoms with van der Waals surface area (Å²) in [7, 11) is 1.61. The summed E-state index contributed by atoms with van der Waals surface area (Å²) in [6, 6.07) is 12.8. The van der Waals surface area contributed by atoms with Crippen LogP contribution in [0.15, 0.2) is 52.1 Å². The van der Waals surface area contributed by atoms with Gasteiger partial charge in [0, 0.05) is 4.70 Å². The lowest BCUT2D eigenvalue weighted by Crippen LogP contribution is -2.31. The first-order valence-corrected chi connectivity index (χ1v) is 8.85. The SMILES string of the molecule is COc1ccc2nc(Cn3c(=O)sc4ccccc4c3=O)sc2c1. The number of nitrogens with zero attached hydrogens (tertiary/aromatic N) is 2. The molecule has 0 saturated carbocycles. The van der Waals surface area contributed by atoms with Gasteiger partial charge in [0.2, 0.25) is 0 Å². The molecule has 4 rings (SSSR count). The van der Waals surface area contributed by atoms with Gasteiger partial charge in [0.05, 0.1) is 29.3 Å². The third-order valence-corrected chi connectivity index (χ3v) is 5.69. The lowest BCUT2D eigenvalue weighted by molar-refractivity contribution is 0.415. The summed E-state index contributed by atoms with van der Waals surface area (Å²) >= 11 is 2.54. The molecule has 24 heavy (non-hydrogen) atoms. The van der Waals surface area contributed by atoms with E-state index in [1.54, 1.807) is 25.3 Å². The number of thiazole rings is 1. The minimum absolute atomic E-state index is 0.181. The van der Waals surface area contributed by atoms with E-state index < -0.39 is 0 Å². The molecule has 0 N–H and O–H groups in total. The molecule has 120 valence electrons. The molecule has 0 spiro atoms. The summed E-state index contributed by atoms with van der Waals surface area (Å²) in [4.78, 5) is 29.2. The van der Waals surface area contributed by atoms with Gasteiger partial charge in [-0.1, -0.05) is 23.5 Å². The molecule has 4 aromatic rings. The molecule has 0 aliphatic rings. The second-order valence-electron chi connectivity index (χ2n) is 5.20. The van der Waals surface area contributed by atoms with Gasteiger partial charge >= 0.3 is 4.87 Å². The highest BCUT2D eigenvalue weighted by molar-refractivity contribution is 7.18. The minimum Gasteiger partial charge on any atom is -0.497 e. The first-order valence-electron chi connectivity index (χ1n) is 7.22. The molecular formula is C17H12N2O3S2. The summed E-state index contributed by atoms with van der Waals surface area (Å²) in [5.74, 6) is 0.757. The van der Waals surface area contributed by atoms with E-state index in [4.69, 9.17) is 4.74 Å². The molecule has 7 heteroatoms. The molecule has 2 aromatic carbocycles. The van der Waals surface area contributed by atoms with Crippen LogP contribution < -0.4 is 15.2 Å². The Morgan fingerprint density at radius 3 is 2.75 bits per heavy atom. The average Bonchev–Trinajstić information content (AvgIpc) is 3.00. The standard InChI is InChI=1S/C17H12N2O3S2/c1-22-10-6-7-12-14(8-10)23-15(18-12)9-19-16(20)11-4-2-3-5-13(11)24-17(19)21/h2-8H,9H2,1H3. The topological polar surface area (TPSA) is 61.2 Å². The molecule has 0 bridgehead atoms. The van der Waals surface area contributed by atoms with Crippen LogP contribution in [0.1, 0.15) is 5.01 Å². The van der Waals surface area contributed by atoms with Crippen molar-refractivity contribution >= 4 is 43.0 Å². The van der Waals surface area contributed by atoms with Crippen LogP contribution in [0, 0.1) is 0 Å². The van der Waals surface area contributed by atoms with Crippen LogP contribution in [0.5, 0.6) is 5.75 Å². The predicted molar refractivity (Wildman–Crippen MR) is 97.6 cm³/mol. The van der Waals surface area contributed by atoms with Crippen molar-refractivity contribution in [3.05, 3.63) is 67.5 Å². The molecule has 0 aliphatic carbocycles. The van der Waals surface area contributed by atoms with Crippen LogP contribution in [0.2, 0.25) is 0 Å². The number of benzene rings is 2. The van der Waals surface area contributed by atoms with Crippen molar-refractivity contribution in [3.63, 3.8) is 0 Å². The van der Waals surface area contributed by atoms with Gasteiger partial charge in [-0.25, -0.2) is 4.98 Å². The lowest BCUT2D eigenvalue weighted by Gasteiger charge is -2.03. The van der Waals surface area contributed by atoms with E-state index in [1.807, 2.05) is 24.3 Å². The van der Waals surface area contributed by atoms with Crippen LogP contribution >= 0.6 is 22.7 Å². The second kappa shape index (κ2) is 5.85. The zero-order valence-electron chi connectivity index (χ0n) is 12.7. The number of ether oxygens (including phenoxy) is 1. The Morgan fingerprint density at radius 2 is 1.92 bits per heavy atom. The molecular weight excluding hydrogens is 344 g/mol. The molecule has 2 heterocycles. The van der Waals surface area contributed by atoms with E-state index in [9.17, 15) is 9.59 Å². The van der Waals surface area contributed by atoms with Gasteiger partial charge in [0.15, 0.2) is 0 Å². The van der Waals surface area contributed by atoms with Gasteiger partial charge in [-0.2, -0.15) is 0 Å². The van der Waals surface area contributed by atoms with E-state index in [0.717, 1.165) is 32.3 Å². The van der Waals surface area contributed by atoms with Crippen molar-refractivity contribution in [1.29, 1.82) is 0 Å². The summed E-state index contributed by atoms with van der Waals surface area (Å²) in [5, 5.41) is 1.28. The van der Waals surface area contributed by atoms with Crippen molar-refractivity contribution in [3.8, 4) is 5.75 Å². The van der Waals surface area contributed by atoms with Gasteiger partial charge in [-0.3, -0.25) is 14.2 Å². The van der Waals surface area contributed by atoms with Crippen LogP contribution in [0.4, 0.5) is 0 Å². The maximum absolute atomic E-state index is 12.6. The Labute approximate surface area is 144 Å². The third kappa shape index (κ3) is 2.51. The van der Waals surface area contributed by atoms with Crippen LogP contribution in [-0.2, 0) is 6.54 Å². The fourth-order valence-electron chi connectivity index (χ4n) is 2.53. The van der Waals surface area contributed by atoms with Crippen LogP contribution in [-0.4, -0.2) is 16.7 Å². The monoisotopic (exact) mass is 356 g/mol. The molecule has 0 aliphatic heterocycles. The van der Waals surface area contributed by atoms with Gasteiger partial charge < -0.3 is 4.74 Å². The Bertz CT molecular complexity index is 1170. The zero-order valence-corrected chi connectivity index (χ0v) is 14.3. The molecule has 5 nitrogen and oxygen atoms in total. The predicted octanol–water partition coefficient (Wildman–Crippen LogP) is 3.09. The maximum Gasteiger partial charge on any atom is 0.310 e. The third-order valence-electron chi connectivity index (χ3n) is 3.71. The molecule has 0 atom stereocenters. The van der Waals surface area contributed by atoms with Crippen molar-refractivity contribution < 1.29 is 4.74 Å². The Kier molecular flexibility index (Phi) is 3.66. The Balaban J connectivity index is 1.82. The van der Waals surface area contributed by atoms with Crippen molar-refractivity contribution in [2.45, 2.75) is 6.54 Å². The first-order chi connectivity index (χ1) is 11.7. The quantitative estimate of drug-likeness (QED) is 0.566. The maximum atomic E-state index is 12.6. The second-order valence-corrected chi connectivity index (χ2v) is 7.31. The Hall–Kier alpha value is -2.51. The molecule has 0 amide bonds. The number of rotatable bonds is 3. The normalized spacial score (nSPS) is 11.2. The smallest absolute Gasteiger partial charge is 0.310 e. The van der Waals surface area contributed by atoms with E-state index in [-0.39, 0.29) is 17.0 Å². The van der Waals surface area contributed by atoms with Crippen molar-refractivity contribution in [2.75, 3.05) is 7.11 Å². The fraction of sp³-hybridized carbons (Fsp3) is 0.118. The number of fused-ring (bicyclic) bond motifs is 2. The van der Waals surface area contributed by atoms with Crippen LogP contribution in [0.25, 0.3) is 20.3 Å². The minimum atomic E-state index is -0.272. The highest BCUT2D eigenvalue weighted by Gasteiger charge is 2.11. The molecule has 2 aromatic heterocycles. The number of aromatic nitrogens is 2. The zero-order chi connectivity index (χ0) is 16.7. The summed E-state index contributed by atoms with van der Waals surface area (Å²) in [6.07, 6.45) is 0. The van der Waals surface area contributed by atoms with Gasteiger partial charge in [-0.15, -0.1) is 11.3 Å². The lowest BCUT2D eigenvalue weighted by atomic mass is 10.3. The van der Waals surface area contributed by atoms with Gasteiger partial charge in [-0.05, 0) is 30.3 Å². The Morgan fingerprint density at radius 1 is 1.08 bits per heavy atom. The van der Waals surface area contributed by atoms with E-state index in [2.05, 4.69) is 4.98 Å². The fourth-order valence-corrected chi connectivity index (χ4v) is 4.37. The van der Waals surface area contributed by atoms with Crippen molar-refractivity contribution in [1.82, 2.24) is 9.55 Å². The highest BCUT2D eigenvalue weighted by Crippen LogP contribution is 2.26. The summed E-state index contributed by atoms with van der Waals surface area (Å²) in [6.45, 7) is 0.181. The van der Waals surface area contributed by atoms with E-state index in [0.29, 0.717) is 10.1 Å². The molecule has 0 fully saturated rings. The largest absolute Gasteiger partial charge is 0.497 e. The van der Waals surface area contributed by atoms with Crippen LogP contribution in [0.3, 0.4) is 0 Å². The molecule has 0 radical (unpaired) electrons. The average molecular weight is 356 g/mol. The highest BCUT2D eigenvalue weighted by atomic mass is 32.1. The number of hydrogen-bond acceptors (Lipinski definition) is 6. The first kappa shape index (κ1) is 15.0. The summed E-state index contributed by atoms with van der Waals surface area (Å²) in [5.41, 5.74) is 0.562. The van der Waals surface area contributed by atoms with E-state index >= 15 is 0 Å². The van der Waals surface area contributed by atoms with E-state index in [1.165, 1.54) is 15.9 Å². The van der Waals surface area contributed by atoms with Gasteiger partial charge in [0.25, 0.3) is 5.56 Å². The molecule has 0 unspecified atom stereocenters. The molecule has 0 saturated heterocycles. The number of hydrogen-bond donors (Lipinski definition) is 0. The van der Waals surface area contributed by atoms with Gasteiger partial charge in [0.1, 0.15) is 10.8 Å². The van der Waals surface area contributed by atoms with Crippen molar-refractivity contribution in [2.24, 2.45) is 0 Å².